The van der Waals surface area contributed by atoms with Crippen molar-refractivity contribution in [3.63, 3.8) is 0 Å². The molecule has 0 saturated heterocycles. The second-order valence-corrected chi connectivity index (χ2v) is 11.7. The van der Waals surface area contributed by atoms with E-state index >= 15 is 0 Å². The van der Waals surface area contributed by atoms with Crippen molar-refractivity contribution in [2.24, 2.45) is 0 Å². The van der Waals surface area contributed by atoms with Gasteiger partial charge < -0.3 is 4.90 Å². The minimum Gasteiger partial charge on any atom is -0.370 e. The molecule has 0 aliphatic heterocycles. The van der Waals surface area contributed by atoms with Crippen LogP contribution >= 0.6 is 0 Å². The van der Waals surface area contributed by atoms with Crippen LogP contribution in [-0.2, 0) is 20.0 Å². The number of benzene rings is 2. The van der Waals surface area contributed by atoms with Crippen LogP contribution in [0, 0.1) is 5.82 Å². The number of hydrogen-bond donors (Lipinski definition) is 1. The Balaban J connectivity index is 1.91. The third-order valence-electron chi connectivity index (χ3n) is 5.64. The first-order valence-corrected chi connectivity index (χ1v) is 13.0. The van der Waals surface area contributed by atoms with Crippen molar-refractivity contribution in [3.8, 4) is 0 Å². The molecule has 0 heterocycles. The maximum Gasteiger partial charge on any atom is 0.262 e. The Hall–Kier alpha value is -2.17. The zero-order valence-corrected chi connectivity index (χ0v) is 19.5. The fourth-order valence-electron chi connectivity index (χ4n) is 3.77. The van der Waals surface area contributed by atoms with E-state index in [1.54, 1.807) is 12.1 Å². The van der Waals surface area contributed by atoms with Crippen molar-refractivity contribution in [1.82, 2.24) is 4.31 Å². The number of hydrogen-bond acceptors (Lipinski definition) is 5. The lowest BCUT2D eigenvalue weighted by Gasteiger charge is -2.34. The van der Waals surface area contributed by atoms with Crippen LogP contribution in [0.15, 0.2) is 52.3 Å². The third-order valence-corrected chi connectivity index (χ3v) is 8.84. The van der Waals surface area contributed by atoms with E-state index < -0.39 is 25.9 Å². The van der Waals surface area contributed by atoms with E-state index in [1.807, 2.05) is 11.9 Å². The fourth-order valence-corrected chi connectivity index (χ4v) is 5.75. The molecule has 0 radical (unpaired) electrons. The first-order chi connectivity index (χ1) is 14.5. The average molecular weight is 470 g/mol. The Labute approximate surface area is 184 Å². The van der Waals surface area contributed by atoms with Crippen molar-refractivity contribution in [3.05, 3.63) is 48.3 Å². The van der Waals surface area contributed by atoms with Crippen molar-refractivity contribution >= 4 is 31.4 Å². The molecule has 1 aliphatic rings. The van der Waals surface area contributed by atoms with E-state index in [1.165, 1.54) is 50.8 Å². The minimum atomic E-state index is -4.13. The molecule has 1 N–H and O–H groups in total. The average Bonchev–Trinajstić information content (AvgIpc) is 2.75. The van der Waals surface area contributed by atoms with E-state index in [2.05, 4.69) is 4.72 Å². The molecule has 1 saturated carbocycles. The van der Waals surface area contributed by atoms with Crippen LogP contribution in [-0.4, -0.2) is 48.3 Å². The monoisotopic (exact) mass is 469 g/mol. The van der Waals surface area contributed by atoms with Gasteiger partial charge in [-0.25, -0.2) is 25.5 Å². The van der Waals surface area contributed by atoms with Crippen molar-refractivity contribution in [1.29, 1.82) is 0 Å². The summed E-state index contributed by atoms with van der Waals surface area (Å²) in [4.78, 5) is 1.76. The summed E-state index contributed by atoms with van der Waals surface area (Å²) >= 11 is 0. The Kier molecular flexibility index (Phi) is 6.92. The lowest BCUT2D eigenvalue weighted by atomic mass is 9.94. The van der Waals surface area contributed by atoms with E-state index in [0.29, 0.717) is 5.69 Å². The highest BCUT2D eigenvalue weighted by atomic mass is 32.2. The number of rotatable bonds is 7. The Morgan fingerprint density at radius 2 is 1.45 bits per heavy atom. The lowest BCUT2D eigenvalue weighted by molar-refractivity contribution is 0.427. The quantitative estimate of drug-likeness (QED) is 0.669. The first-order valence-electron chi connectivity index (χ1n) is 10.1. The molecule has 0 amide bonds. The van der Waals surface area contributed by atoms with Crippen LogP contribution in [0.4, 0.5) is 15.8 Å². The van der Waals surface area contributed by atoms with E-state index in [9.17, 15) is 21.2 Å². The second-order valence-electron chi connectivity index (χ2n) is 7.90. The number of sulfonamides is 2. The summed E-state index contributed by atoms with van der Waals surface area (Å²) in [6.45, 7) is 0. The maximum atomic E-state index is 14.7. The van der Waals surface area contributed by atoms with Crippen LogP contribution in [0.3, 0.4) is 0 Å². The van der Waals surface area contributed by atoms with Crippen LogP contribution in [0.5, 0.6) is 0 Å². The molecule has 3 rings (SSSR count). The van der Waals surface area contributed by atoms with Crippen LogP contribution in [0.1, 0.15) is 32.1 Å². The first kappa shape index (κ1) is 23.5. The Morgan fingerprint density at radius 3 is 2.03 bits per heavy atom. The number of para-hydroxylation sites is 1. The standard InChI is InChI=1S/C21H28FN3O4S2/c1-24(2)31(28,29)18-14-12-17(13-15-18)30(26,27)23-21-19(22)10-7-11-20(21)25(3)16-8-5-4-6-9-16/h7,10-16,23H,4-6,8-9H2,1-3H3. The minimum absolute atomic E-state index is 0.0277. The predicted molar refractivity (Wildman–Crippen MR) is 120 cm³/mol. The van der Waals surface area contributed by atoms with Gasteiger partial charge in [0, 0.05) is 27.2 Å². The predicted octanol–water partition coefficient (Wildman–Crippen LogP) is 3.65. The molecule has 0 spiro atoms. The number of anilines is 2. The molecule has 31 heavy (non-hydrogen) atoms. The summed E-state index contributed by atoms with van der Waals surface area (Å²) in [5.41, 5.74) is 0.364. The number of nitrogens with zero attached hydrogens (tertiary/aromatic N) is 2. The summed E-state index contributed by atoms with van der Waals surface area (Å²) in [6.07, 6.45) is 5.30. The SMILES string of the molecule is CN(c1cccc(F)c1NS(=O)(=O)c1ccc(S(=O)(=O)N(C)C)cc1)C1CCCCC1. The van der Waals surface area contributed by atoms with Gasteiger partial charge in [-0.15, -0.1) is 0 Å². The van der Waals surface area contributed by atoms with Gasteiger partial charge in [0.25, 0.3) is 10.0 Å². The normalized spacial score (nSPS) is 15.8. The molecule has 0 unspecified atom stereocenters. The molecule has 170 valence electrons. The lowest BCUT2D eigenvalue weighted by Crippen LogP contribution is -2.34. The number of halogens is 1. The van der Waals surface area contributed by atoms with Gasteiger partial charge in [0.1, 0.15) is 11.5 Å². The Morgan fingerprint density at radius 1 is 0.871 bits per heavy atom. The molecular weight excluding hydrogens is 441 g/mol. The zero-order chi connectivity index (χ0) is 22.8. The van der Waals surface area contributed by atoms with Gasteiger partial charge in [-0.2, -0.15) is 0 Å². The van der Waals surface area contributed by atoms with Crippen molar-refractivity contribution in [2.45, 2.75) is 47.9 Å². The fraction of sp³-hybridized carbons (Fsp3) is 0.429. The molecule has 1 aliphatic carbocycles. The third kappa shape index (κ3) is 5.02. The number of nitrogens with one attached hydrogen (secondary N) is 1. The van der Waals surface area contributed by atoms with E-state index in [4.69, 9.17) is 0 Å². The molecule has 1 fully saturated rings. The maximum absolute atomic E-state index is 14.7. The molecule has 2 aromatic carbocycles. The zero-order valence-electron chi connectivity index (χ0n) is 17.9. The van der Waals surface area contributed by atoms with Gasteiger partial charge in [0.2, 0.25) is 10.0 Å². The van der Waals surface area contributed by atoms with E-state index in [0.717, 1.165) is 30.0 Å². The smallest absolute Gasteiger partial charge is 0.262 e. The molecule has 7 nitrogen and oxygen atoms in total. The molecule has 0 bridgehead atoms. The topological polar surface area (TPSA) is 86.8 Å². The second kappa shape index (κ2) is 9.13. The van der Waals surface area contributed by atoms with Gasteiger partial charge in [0.05, 0.1) is 15.5 Å². The van der Waals surface area contributed by atoms with Gasteiger partial charge in [0.15, 0.2) is 0 Å². The summed E-state index contributed by atoms with van der Waals surface area (Å²) in [5.74, 6) is -0.671. The summed E-state index contributed by atoms with van der Waals surface area (Å²) in [7, 11) is -3.18. The largest absolute Gasteiger partial charge is 0.370 e. The summed E-state index contributed by atoms with van der Waals surface area (Å²) in [5, 5.41) is 0. The van der Waals surface area contributed by atoms with Gasteiger partial charge in [-0.05, 0) is 49.2 Å². The summed E-state index contributed by atoms with van der Waals surface area (Å²) < 4.78 is 68.4. The molecule has 10 heteroatoms. The van der Waals surface area contributed by atoms with Crippen LogP contribution in [0.25, 0.3) is 0 Å². The van der Waals surface area contributed by atoms with Gasteiger partial charge in [-0.1, -0.05) is 25.3 Å². The van der Waals surface area contributed by atoms with Crippen LogP contribution < -0.4 is 9.62 Å². The van der Waals surface area contributed by atoms with Crippen LogP contribution in [0.2, 0.25) is 0 Å². The molecule has 2 aromatic rings. The van der Waals surface area contributed by atoms with Crippen molar-refractivity contribution < 1.29 is 21.2 Å². The molecular formula is C21H28FN3O4S2. The molecule has 0 atom stereocenters. The van der Waals surface area contributed by atoms with Crippen molar-refractivity contribution in [2.75, 3.05) is 30.8 Å². The highest BCUT2D eigenvalue weighted by Crippen LogP contribution is 2.34. The summed E-state index contributed by atoms with van der Waals surface area (Å²) in [6, 6.07) is 9.53. The van der Waals surface area contributed by atoms with Gasteiger partial charge >= 0.3 is 0 Å². The highest BCUT2D eigenvalue weighted by Gasteiger charge is 2.25. The highest BCUT2D eigenvalue weighted by molar-refractivity contribution is 7.92. The Bertz CT molecular complexity index is 1130. The van der Waals surface area contributed by atoms with Gasteiger partial charge in [-0.3, -0.25) is 4.72 Å². The molecule has 0 aromatic heterocycles. The van der Waals surface area contributed by atoms with E-state index in [-0.39, 0.29) is 21.5 Å².